The second-order valence-corrected chi connectivity index (χ2v) is 6.03. The van der Waals surface area contributed by atoms with Crippen LogP contribution in [0.3, 0.4) is 0 Å². The fourth-order valence-corrected chi connectivity index (χ4v) is 3.07. The summed E-state index contributed by atoms with van der Waals surface area (Å²) >= 11 is 0. The Morgan fingerprint density at radius 2 is 1.67 bits per heavy atom. The van der Waals surface area contributed by atoms with E-state index in [9.17, 15) is 9.59 Å². The summed E-state index contributed by atoms with van der Waals surface area (Å²) in [5, 5.41) is 9.69. The summed E-state index contributed by atoms with van der Waals surface area (Å²) in [5.74, 6) is -0.581. The zero-order chi connectivity index (χ0) is 16.7. The van der Waals surface area contributed by atoms with E-state index < -0.39 is 12.1 Å². The Morgan fingerprint density at radius 3 is 2.38 bits per heavy atom. The molecule has 6 nitrogen and oxygen atoms in total. The van der Waals surface area contributed by atoms with E-state index in [-0.39, 0.29) is 11.8 Å². The number of benzene rings is 2. The van der Waals surface area contributed by atoms with Crippen molar-refractivity contribution in [3.8, 4) is 0 Å². The molecule has 0 N–H and O–H groups in total. The highest BCUT2D eigenvalue weighted by Crippen LogP contribution is 2.32. The van der Waals surface area contributed by atoms with E-state index in [0.717, 1.165) is 11.1 Å². The van der Waals surface area contributed by atoms with Crippen LogP contribution in [-0.2, 0) is 16.1 Å². The van der Waals surface area contributed by atoms with Crippen molar-refractivity contribution >= 4 is 17.5 Å². The average Bonchev–Trinajstić information content (AvgIpc) is 3.11. The van der Waals surface area contributed by atoms with Gasteiger partial charge in [0.05, 0.1) is 12.2 Å². The van der Waals surface area contributed by atoms with E-state index in [2.05, 4.69) is 10.3 Å². The number of anilines is 1. The maximum Gasteiger partial charge on any atom is 0.263 e. The van der Waals surface area contributed by atoms with Gasteiger partial charge in [-0.1, -0.05) is 53.3 Å². The number of fused-ring (bicyclic) bond motifs is 1. The predicted molar refractivity (Wildman–Crippen MR) is 88.1 cm³/mol. The van der Waals surface area contributed by atoms with Crippen LogP contribution in [0.1, 0.15) is 11.1 Å². The minimum Gasteiger partial charge on any atom is -0.271 e. The van der Waals surface area contributed by atoms with Gasteiger partial charge in [-0.25, -0.2) is 4.90 Å². The van der Waals surface area contributed by atoms with E-state index >= 15 is 0 Å². The van der Waals surface area contributed by atoms with Gasteiger partial charge in [-0.2, -0.15) is 5.11 Å². The van der Waals surface area contributed by atoms with Crippen molar-refractivity contribution < 1.29 is 9.59 Å². The molecule has 2 aliphatic rings. The molecular formula is C18H16N4O2. The lowest BCUT2D eigenvalue weighted by Gasteiger charge is -2.20. The molecule has 2 heterocycles. The molecule has 0 radical (unpaired) electrons. The van der Waals surface area contributed by atoms with Crippen molar-refractivity contribution in [1.29, 1.82) is 0 Å². The summed E-state index contributed by atoms with van der Waals surface area (Å²) in [6.45, 7) is 2.41. The molecule has 2 atom stereocenters. The minimum atomic E-state index is -0.748. The van der Waals surface area contributed by atoms with Crippen molar-refractivity contribution in [3.63, 3.8) is 0 Å². The topological polar surface area (TPSA) is 65.3 Å². The number of rotatable bonds is 3. The molecule has 2 aliphatic heterocycles. The van der Waals surface area contributed by atoms with Gasteiger partial charge in [0.25, 0.3) is 11.8 Å². The smallest absolute Gasteiger partial charge is 0.263 e. The van der Waals surface area contributed by atoms with Gasteiger partial charge >= 0.3 is 0 Å². The van der Waals surface area contributed by atoms with Crippen molar-refractivity contribution in [2.75, 3.05) is 4.90 Å². The lowest BCUT2D eigenvalue weighted by atomic mass is 10.1. The number of aryl methyl sites for hydroxylation is 1. The normalized spacial score (nSPS) is 22.4. The summed E-state index contributed by atoms with van der Waals surface area (Å²) in [6, 6.07) is 15.6. The molecule has 1 fully saturated rings. The zero-order valence-electron chi connectivity index (χ0n) is 13.2. The molecule has 6 heteroatoms. The van der Waals surface area contributed by atoms with Crippen LogP contribution < -0.4 is 4.90 Å². The summed E-state index contributed by atoms with van der Waals surface area (Å²) in [5.41, 5.74) is 2.68. The molecule has 2 amide bonds. The summed E-state index contributed by atoms with van der Waals surface area (Å²) in [7, 11) is 0. The van der Waals surface area contributed by atoms with Gasteiger partial charge in [-0.15, -0.1) is 0 Å². The summed E-state index contributed by atoms with van der Waals surface area (Å²) < 4.78 is 0. The third kappa shape index (κ3) is 2.27. The van der Waals surface area contributed by atoms with Gasteiger partial charge in [0.2, 0.25) is 0 Å². The quantitative estimate of drug-likeness (QED) is 0.816. The van der Waals surface area contributed by atoms with E-state index in [0.29, 0.717) is 12.2 Å². The molecule has 120 valence electrons. The van der Waals surface area contributed by atoms with Crippen molar-refractivity contribution in [1.82, 2.24) is 5.01 Å². The molecule has 2 aromatic rings. The Balaban J connectivity index is 1.61. The Hall–Kier alpha value is -3.02. The molecule has 2 aromatic carbocycles. The van der Waals surface area contributed by atoms with Crippen LogP contribution in [0.15, 0.2) is 64.9 Å². The van der Waals surface area contributed by atoms with Gasteiger partial charge in [0, 0.05) is 0 Å². The third-order valence-electron chi connectivity index (χ3n) is 4.34. The molecule has 0 aliphatic carbocycles. The minimum absolute atomic E-state index is 0.269. The van der Waals surface area contributed by atoms with E-state index in [1.807, 2.05) is 49.4 Å². The monoisotopic (exact) mass is 320 g/mol. The molecule has 24 heavy (non-hydrogen) atoms. The molecule has 0 saturated carbocycles. The van der Waals surface area contributed by atoms with Crippen LogP contribution in [0.5, 0.6) is 0 Å². The van der Waals surface area contributed by atoms with Crippen molar-refractivity contribution in [2.24, 2.45) is 10.3 Å². The highest BCUT2D eigenvalue weighted by atomic mass is 16.2. The molecular weight excluding hydrogens is 304 g/mol. The molecule has 4 rings (SSSR count). The molecule has 0 bridgehead atoms. The summed E-state index contributed by atoms with van der Waals surface area (Å²) in [6.07, 6.45) is 0. The first-order valence-electron chi connectivity index (χ1n) is 7.81. The third-order valence-corrected chi connectivity index (χ3v) is 4.34. The van der Waals surface area contributed by atoms with E-state index in [1.54, 1.807) is 17.1 Å². The van der Waals surface area contributed by atoms with Crippen LogP contribution in [0, 0.1) is 6.92 Å². The largest absolute Gasteiger partial charge is 0.271 e. The van der Waals surface area contributed by atoms with E-state index in [4.69, 9.17) is 0 Å². The molecule has 0 aromatic heterocycles. The molecule has 1 saturated heterocycles. The first-order chi connectivity index (χ1) is 11.6. The maximum atomic E-state index is 12.8. The average molecular weight is 320 g/mol. The Bertz CT molecular complexity index is 817. The van der Waals surface area contributed by atoms with Crippen LogP contribution >= 0.6 is 0 Å². The molecule has 0 unspecified atom stereocenters. The standard InChI is InChI=1S/C18H16N4O2/c1-12-7-9-14(10-8-12)22-17(23)15-16(18(22)24)21(20-19-15)11-13-5-3-2-4-6-13/h2-10,15-16H,11H2,1H3/t15-,16+/m0/s1. The Morgan fingerprint density at radius 1 is 0.958 bits per heavy atom. The van der Waals surface area contributed by atoms with Crippen molar-refractivity contribution in [2.45, 2.75) is 25.6 Å². The number of nitrogens with zero attached hydrogens (tertiary/aromatic N) is 4. The summed E-state index contributed by atoms with van der Waals surface area (Å²) in [4.78, 5) is 26.7. The second kappa shape index (κ2) is 5.56. The Kier molecular flexibility index (Phi) is 3.37. The highest BCUT2D eigenvalue weighted by molar-refractivity contribution is 6.25. The fraction of sp³-hybridized carbons (Fsp3) is 0.222. The predicted octanol–water partition coefficient (Wildman–Crippen LogP) is 2.49. The highest BCUT2D eigenvalue weighted by Gasteiger charge is 2.54. The number of imide groups is 1. The van der Waals surface area contributed by atoms with Crippen LogP contribution in [0.25, 0.3) is 0 Å². The number of carbonyl (C=O) groups is 2. The van der Waals surface area contributed by atoms with Gasteiger partial charge in [-0.3, -0.25) is 14.6 Å². The van der Waals surface area contributed by atoms with Crippen LogP contribution in [0.4, 0.5) is 5.69 Å². The number of amides is 2. The van der Waals surface area contributed by atoms with Crippen molar-refractivity contribution in [3.05, 3.63) is 65.7 Å². The number of hydrogen-bond acceptors (Lipinski definition) is 5. The van der Waals surface area contributed by atoms with E-state index in [1.165, 1.54) is 4.90 Å². The SMILES string of the molecule is Cc1ccc(N2C(=O)[C@H]3N=NN(Cc4ccccc4)[C@H]3C2=O)cc1. The van der Waals surface area contributed by atoms with Gasteiger partial charge < -0.3 is 0 Å². The molecule has 0 spiro atoms. The zero-order valence-corrected chi connectivity index (χ0v) is 13.2. The lowest BCUT2D eigenvalue weighted by Crippen LogP contribution is -2.39. The van der Waals surface area contributed by atoms with Gasteiger partial charge in [0.1, 0.15) is 0 Å². The lowest BCUT2D eigenvalue weighted by molar-refractivity contribution is -0.123. The number of hydrogen-bond donors (Lipinski definition) is 0. The van der Waals surface area contributed by atoms with Crippen LogP contribution in [-0.4, -0.2) is 28.9 Å². The first-order valence-corrected chi connectivity index (χ1v) is 7.81. The second-order valence-electron chi connectivity index (χ2n) is 6.03. The maximum absolute atomic E-state index is 12.8. The fourth-order valence-electron chi connectivity index (χ4n) is 3.07. The number of carbonyl (C=O) groups excluding carboxylic acids is 2. The van der Waals surface area contributed by atoms with Gasteiger partial charge in [-0.05, 0) is 24.6 Å². The van der Waals surface area contributed by atoms with Crippen LogP contribution in [0.2, 0.25) is 0 Å². The first kappa shape index (κ1) is 14.6. The Labute approximate surface area is 139 Å². The van der Waals surface area contributed by atoms with Gasteiger partial charge in [0.15, 0.2) is 12.1 Å².